The number of aliphatic imine (C=N–C) groups is 1. The van der Waals surface area contributed by atoms with Gasteiger partial charge < -0.3 is 19.3 Å². The zero-order valence-electron chi connectivity index (χ0n) is 28.2. The van der Waals surface area contributed by atoms with Crippen LogP contribution in [-0.4, -0.2) is 47.2 Å². The number of hydrogen-bond donors (Lipinski definition) is 3. The number of rotatable bonds is 14. The molecule has 3 N–H and O–H groups in total. The minimum Gasteiger partial charge on any atom is -0.494 e. The van der Waals surface area contributed by atoms with Gasteiger partial charge in [0.2, 0.25) is 5.90 Å². The van der Waals surface area contributed by atoms with E-state index < -0.39 is 40.8 Å². The number of aliphatic hydroxyl groups is 1. The van der Waals surface area contributed by atoms with Crippen LogP contribution >= 0.6 is 0 Å². The first kappa shape index (κ1) is 36.2. The fourth-order valence-electron chi connectivity index (χ4n) is 5.58. The molecular weight excluding hydrogens is 644 g/mol. The Balaban J connectivity index is 1.50. The summed E-state index contributed by atoms with van der Waals surface area (Å²) in [6, 6.07) is 27.5. The summed E-state index contributed by atoms with van der Waals surface area (Å²) in [6.07, 6.45) is -0.727. The topological polar surface area (TPSA) is 118 Å². The first-order valence-electron chi connectivity index (χ1n) is 16.4. The molecular formula is C39H41F2N3O6. The number of carbonyl (C=O) groups excluding carboxylic acids is 2. The van der Waals surface area contributed by atoms with E-state index in [-0.39, 0.29) is 37.5 Å². The molecule has 4 aromatic rings. The summed E-state index contributed by atoms with van der Waals surface area (Å²) in [6.45, 7) is 5.55. The van der Waals surface area contributed by atoms with E-state index >= 15 is 0 Å². The zero-order chi connectivity index (χ0) is 35.7. The first-order valence-corrected chi connectivity index (χ1v) is 16.4. The van der Waals surface area contributed by atoms with Gasteiger partial charge in [-0.25, -0.2) is 19.2 Å². The number of aliphatic hydroxyl groups excluding tert-OH is 1. The lowest BCUT2D eigenvalue weighted by atomic mass is 9.83. The molecule has 0 bridgehead atoms. The van der Waals surface area contributed by atoms with Crippen LogP contribution in [0.2, 0.25) is 0 Å². The largest absolute Gasteiger partial charge is 0.494 e. The van der Waals surface area contributed by atoms with Crippen LogP contribution in [0.1, 0.15) is 62.8 Å². The summed E-state index contributed by atoms with van der Waals surface area (Å²) >= 11 is 0. The van der Waals surface area contributed by atoms with Crippen molar-refractivity contribution < 1.29 is 37.7 Å². The van der Waals surface area contributed by atoms with Gasteiger partial charge in [0, 0.05) is 37.6 Å². The Hall–Kier alpha value is -5.13. The summed E-state index contributed by atoms with van der Waals surface area (Å²) in [5.41, 5.74) is 6.45. The number of nitrogens with one attached hydrogen (secondary N) is 2. The molecule has 262 valence electrons. The third-order valence-electron chi connectivity index (χ3n) is 7.90. The molecule has 50 heavy (non-hydrogen) atoms. The van der Waals surface area contributed by atoms with Gasteiger partial charge in [0.15, 0.2) is 11.6 Å². The van der Waals surface area contributed by atoms with Crippen LogP contribution in [0.25, 0.3) is 11.1 Å². The number of hydrazine groups is 1. The molecule has 0 spiro atoms. The minimum atomic E-state index is -1.67. The van der Waals surface area contributed by atoms with Crippen LogP contribution in [0, 0.1) is 11.6 Å². The lowest BCUT2D eigenvalue weighted by molar-refractivity contribution is -0.155. The van der Waals surface area contributed by atoms with Crippen LogP contribution < -0.4 is 15.6 Å². The van der Waals surface area contributed by atoms with E-state index in [4.69, 9.17) is 24.3 Å². The molecule has 4 aromatic carbocycles. The highest BCUT2D eigenvalue weighted by Gasteiger charge is 2.53. The van der Waals surface area contributed by atoms with E-state index in [1.54, 1.807) is 45.0 Å². The Kier molecular flexibility index (Phi) is 11.6. The number of hydrogen-bond acceptors (Lipinski definition) is 8. The highest BCUT2D eigenvalue weighted by Crippen LogP contribution is 2.44. The molecule has 0 fully saturated rings. The number of ether oxygens (including phenoxy) is 3. The van der Waals surface area contributed by atoms with Crippen LogP contribution in [0.15, 0.2) is 102 Å². The third-order valence-corrected chi connectivity index (χ3v) is 7.90. The average Bonchev–Trinajstić information content (AvgIpc) is 3.48. The normalized spacial score (nSPS) is 17.1. The molecule has 11 heteroatoms. The van der Waals surface area contributed by atoms with E-state index in [0.29, 0.717) is 29.9 Å². The molecule has 0 aliphatic carbocycles. The monoisotopic (exact) mass is 685 g/mol. The lowest BCUT2D eigenvalue weighted by Gasteiger charge is -2.31. The van der Waals surface area contributed by atoms with Gasteiger partial charge in [-0.15, -0.1) is 0 Å². The molecule has 1 amide bonds. The Morgan fingerprint density at radius 1 is 0.900 bits per heavy atom. The minimum absolute atomic E-state index is 0.0118. The van der Waals surface area contributed by atoms with Crippen molar-refractivity contribution in [2.75, 3.05) is 13.2 Å². The second-order valence-corrected chi connectivity index (χ2v) is 12.9. The van der Waals surface area contributed by atoms with E-state index in [9.17, 15) is 18.4 Å². The highest BCUT2D eigenvalue weighted by molar-refractivity contribution is 6.01. The summed E-state index contributed by atoms with van der Waals surface area (Å²) in [7, 11) is 0. The molecule has 0 aromatic heterocycles. The standard InChI is InChI=1S/C39H41F2N3O6/c1-38(2,3)50-34(46)18-19-39(37(47)44-42-25-26-22-31(40)24-32(41)23-26)35(29-12-10-28(11-13-29)27-8-5-4-6-9-27)49-36(43-39)30-14-16-33(17-15-30)48-21-7-20-45/h4-6,8-17,22-24,35,42,45H,7,18-21,25H2,1-3H3,(H,44,47)/t35-,39-/m0/s1. The fraction of sp³-hybridized carbons (Fsp3) is 0.308. The smallest absolute Gasteiger partial charge is 0.306 e. The second kappa shape index (κ2) is 16.1. The van der Waals surface area contributed by atoms with E-state index in [2.05, 4.69) is 10.9 Å². The second-order valence-electron chi connectivity index (χ2n) is 12.9. The predicted octanol–water partition coefficient (Wildman–Crippen LogP) is 6.59. The Bertz CT molecular complexity index is 1770. The number of nitrogens with zero attached hydrogens (tertiary/aromatic N) is 1. The molecule has 0 saturated heterocycles. The summed E-state index contributed by atoms with van der Waals surface area (Å²) in [5, 5.41) is 9.08. The van der Waals surface area contributed by atoms with E-state index in [1.165, 1.54) is 0 Å². The van der Waals surface area contributed by atoms with Gasteiger partial charge in [0.05, 0.1) is 6.61 Å². The maximum absolute atomic E-state index is 14.3. The van der Waals surface area contributed by atoms with Crippen molar-refractivity contribution in [3.8, 4) is 16.9 Å². The van der Waals surface area contributed by atoms with Crippen LogP contribution in [-0.2, 0) is 25.6 Å². The summed E-state index contributed by atoms with van der Waals surface area (Å²) in [4.78, 5) is 32.3. The average molecular weight is 686 g/mol. The van der Waals surface area contributed by atoms with Crippen molar-refractivity contribution >= 4 is 17.8 Å². The van der Waals surface area contributed by atoms with Crippen LogP contribution in [0.4, 0.5) is 8.78 Å². The number of carbonyl (C=O) groups is 2. The van der Waals surface area contributed by atoms with E-state index in [1.807, 2.05) is 54.6 Å². The Morgan fingerprint density at radius 3 is 2.18 bits per heavy atom. The van der Waals surface area contributed by atoms with Gasteiger partial charge in [-0.2, -0.15) is 0 Å². The molecule has 0 radical (unpaired) electrons. The third kappa shape index (κ3) is 9.31. The van der Waals surface area contributed by atoms with Gasteiger partial charge in [-0.1, -0.05) is 54.6 Å². The molecule has 9 nitrogen and oxygen atoms in total. The quantitative estimate of drug-likeness (QED) is 0.0779. The van der Waals surface area contributed by atoms with E-state index in [0.717, 1.165) is 29.3 Å². The van der Waals surface area contributed by atoms with Crippen molar-refractivity contribution in [3.63, 3.8) is 0 Å². The Morgan fingerprint density at radius 2 is 1.54 bits per heavy atom. The molecule has 0 saturated carbocycles. The van der Waals surface area contributed by atoms with Gasteiger partial charge in [0.25, 0.3) is 5.91 Å². The summed E-state index contributed by atoms with van der Waals surface area (Å²) < 4.78 is 45.5. The molecule has 1 heterocycles. The zero-order valence-corrected chi connectivity index (χ0v) is 28.2. The molecule has 5 rings (SSSR count). The number of esters is 1. The van der Waals surface area contributed by atoms with Gasteiger partial charge in [0.1, 0.15) is 23.0 Å². The molecule has 1 aliphatic heterocycles. The summed E-state index contributed by atoms with van der Waals surface area (Å²) in [5.74, 6) is -1.86. The number of halogens is 2. The Labute approximate surface area is 290 Å². The number of amides is 1. The van der Waals surface area contributed by atoms with Crippen molar-refractivity contribution in [1.29, 1.82) is 0 Å². The van der Waals surface area contributed by atoms with Crippen molar-refractivity contribution in [1.82, 2.24) is 10.9 Å². The SMILES string of the molecule is CC(C)(C)OC(=O)CC[C@]1(C(=O)NNCc2cc(F)cc(F)c2)N=C(c2ccc(OCCCO)cc2)O[C@H]1c1ccc(-c2ccccc2)cc1. The fourth-order valence-corrected chi connectivity index (χ4v) is 5.58. The van der Waals surface area contributed by atoms with Crippen molar-refractivity contribution in [2.24, 2.45) is 4.99 Å². The maximum Gasteiger partial charge on any atom is 0.306 e. The van der Waals surface area contributed by atoms with Gasteiger partial charge >= 0.3 is 5.97 Å². The molecule has 0 unspecified atom stereocenters. The van der Waals surface area contributed by atoms with Crippen molar-refractivity contribution in [2.45, 2.75) is 63.8 Å². The predicted molar refractivity (Wildman–Crippen MR) is 185 cm³/mol. The van der Waals surface area contributed by atoms with Crippen LogP contribution in [0.5, 0.6) is 5.75 Å². The van der Waals surface area contributed by atoms with Gasteiger partial charge in [-0.3, -0.25) is 15.0 Å². The number of benzene rings is 4. The lowest BCUT2D eigenvalue weighted by Crippen LogP contribution is -2.52. The molecule has 1 aliphatic rings. The maximum atomic E-state index is 14.3. The van der Waals surface area contributed by atoms with Crippen molar-refractivity contribution in [3.05, 3.63) is 125 Å². The molecule has 2 atom stereocenters. The van der Waals surface area contributed by atoms with Gasteiger partial charge in [-0.05, 0) is 85.8 Å². The first-order chi connectivity index (χ1) is 24.0. The van der Waals surface area contributed by atoms with Crippen LogP contribution in [0.3, 0.4) is 0 Å². The highest BCUT2D eigenvalue weighted by atomic mass is 19.1.